The molecule has 3 heterocycles. The van der Waals surface area contributed by atoms with Crippen LogP contribution < -0.4 is 10.5 Å². The number of pyridine rings is 1. The van der Waals surface area contributed by atoms with Gasteiger partial charge in [0, 0.05) is 42.6 Å². The van der Waals surface area contributed by atoms with Crippen molar-refractivity contribution in [1.29, 1.82) is 0 Å². The first-order chi connectivity index (χ1) is 14.2. The Morgan fingerprint density at radius 1 is 1.07 bits per heavy atom. The minimum Gasteiger partial charge on any atom is -0.365 e. The van der Waals surface area contributed by atoms with Crippen molar-refractivity contribution < 1.29 is 9.59 Å². The van der Waals surface area contributed by atoms with E-state index in [1.165, 1.54) is 4.57 Å². The third-order valence-corrected chi connectivity index (χ3v) is 6.27. The number of hydrogen-bond donors (Lipinski definition) is 0. The molecule has 30 heavy (non-hydrogen) atoms. The van der Waals surface area contributed by atoms with E-state index in [0.29, 0.717) is 24.7 Å². The molecule has 2 aliphatic rings. The van der Waals surface area contributed by atoms with E-state index in [-0.39, 0.29) is 30.0 Å². The zero-order valence-electron chi connectivity index (χ0n) is 17.3. The molecular formula is C22H25ClN4O3. The van der Waals surface area contributed by atoms with Gasteiger partial charge in [0.1, 0.15) is 6.54 Å². The average Bonchev–Trinajstić information content (AvgIpc) is 2.67. The molecule has 0 radical (unpaired) electrons. The first-order valence-electron chi connectivity index (χ1n) is 9.99. The molecule has 2 aromatic rings. The van der Waals surface area contributed by atoms with E-state index >= 15 is 0 Å². The number of amides is 2. The van der Waals surface area contributed by atoms with Crippen LogP contribution in [0.3, 0.4) is 0 Å². The SMILES string of the molecule is CC(C)N1CC(=O)N(Cc2ccc(Cl)cc2)C2(CN(c3ccn(C)c(=O)c3)C2)C1=O. The number of anilines is 1. The molecule has 8 heteroatoms. The van der Waals surface area contributed by atoms with Gasteiger partial charge >= 0.3 is 0 Å². The molecule has 7 nitrogen and oxygen atoms in total. The first-order valence-corrected chi connectivity index (χ1v) is 10.4. The van der Waals surface area contributed by atoms with Crippen molar-refractivity contribution in [3.8, 4) is 0 Å². The van der Waals surface area contributed by atoms with E-state index in [1.807, 2.05) is 36.9 Å². The van der Waals surface area contributed by atoms with Crippen LogP contribution in [0.4, 0.5) is 5.69 Å². The summed E-state index contributed by atoms with van der Waals surface area (Å²) >= 11 is 5.99. The summed E-state index contributed by atoms with van der Waals surface area (Å²) in [5.41, 5.74) is 0.642. The fourth-order valence-corrected chi connectivity index (χ4v) is 4.29. The molecule has 0 atom stereocenters. The minimum absolute atomic E-state index is 0.0360. The van der Waals surface area contributed by atoms with Crippen LogP contribution in [0.15, 0.2) is 47.4 Å². The third kappa shape index (κ3) is 3.37. The predicted molar refractivity (Wildman–Crippen MR) is 115 cm³/mol. The van der Waals surface area contributed by atoms with Gasteiger partial charge in [-0.3, -0.25) is 14.4 Å². The van der Waals surface area contributed by atoms with Crippen molar-refractivity contribution in [1.82, 2.24) is 14.4 Å². The summed E-state index contributed by atoms with van der Waals surface area (Å²) in [7, 11) is 1.70. The van der Waals surface area contributed by atoms with Crippen molar-refractivity contribution in [2.75, 3.05) is 24.5 Å². The number of rotatable bonds is 4. The van der Waals surface area contributed by atoms with E-state index in [0.717, 1.165) is 11.3 Å². The Kier molecular flexibility index (Phi) is 5.10. The van der Waals surface area contributed by atoms with Gasteiger partial charge in [0.25, 0.3) is 11.5 Å². The van der Waals surface area contributed by atoms with Gasteiger partial charge in [-0.25, -0.2) is 0 Å². The zero-order chi connectivity index (χ0) is 21.6. The van der Waals surface area contributed by atoms with Crippen LogP contribution in [0, 0.1) is 0 Å². The second-order valence-electron chi connectivity index (χ2n) is 8.35. The molecule has 2 amide bonds. The molecule has 2 saturated heterocycles. The minimum atomic E-state index is -0.930. The summed E-state index contributed by atoms with van der Waals surface area (Å²) in [5, 5.41) is 0.626. The second-order valence-corrected chi connectivity index (χ2v) is 8.79. The second kappa shape index (κ2) is 7.47. The quantitative estimate of drug-likeness (QED) is 0.745. The lowest BCUT2D eigenvalue weighted by Crippen LogP contribution is -2.81. The summed E-state index contributed by atoms with van der Waals surface area (Å²) < 4.78 is 1.50. The molecule has 0 N–H and O–H groups in total. The molecule has 0 saturated carbocycles. The highest BCUT2D eigenvalue weighted by Crippen LogP contribution is 2.37. The normalized spacial score (nSPS) is 18.4. The van der Waals surface area contributed by atoms with Crippen LogP contribution in [0.2, 0.25) is 5.02 Å². The lowest BCUT2D eigenvalue weighted by Gasteiger charge is -2.59. The largest absolute Gasteiger partial charge is 0.365 e. The smallest absolute Gasteiger partial charge is 0.252 e. The fraction of sp³-hybridized carbons (Fsp3) is 0.409. The van der Waals surface area contributed by atoms with Gasteiger partial charge in [0.2, 0.25) is 5.91 Å². The third-order valence-electron chi connectivity index (χ3n) is 6.02. The van der Waals surface area contributed by atoms with Crippen molar-refractivity contribution >= 4 is 29.1 Å². The molecule has 0 unspecified atom stereocenters. The Morgan fingerprint density at radius 3 is 2.33 bits per heavy atom. The van der Waals surface area contributed by atoms with Crippen LogP contribution >= 0.6 is 11.6 Å². The highest BCUT2D eigenvalue weighted by Gasteiger charge is 2.59. The Bertz CT molecular complexity index is 1040. The Labute approximate surface area is 180 Å². The highest BCUT2D eigenvalue weighted by atomic mass is 35.5. The maximum Gasteiger partial charge on any atom is 0.252 e. The first kappa shape index (κ1) is 20.5. The Hall–Kier alpha value is -2.80. The summed E-state index contributed by atoms with van der Waals surface area (Å²) in [6.07, 6.45) is 1.71. The molecule has 2 aliphatic heterocycles. The van der Waals surface area contributed by atoms with Crippen LogP contribution in [-0.2, 0) is 23.2 Å². The summed E-state index contributed by atoms with van der Waals surface area (Å²) in [5.74, 6) is -0.104. The van der Waals surface area contributed by atoms with Gasteiger partial charge in [0.15, 0.2) is 5.54 Å². The van der Waals surface area contributed by atoms with Crippen molar-refractivity contribution in [3.63, 3.8) is 0 Å². The van der Waals surface area contributed by atoms with E-state index in [1.54, 1.807) is 41.2 Å². The van der Waals surface area contributed by atoms with Gasteiger partial charge in [-0.1, -0.05) is 23.7 Å². The maximum absolute atomic E-state index is 13.5. The van der Waals surface area contributed by atoms with Gasteiger partial charge in [-0.15, -0.1) is 0 Å². The van der Waals surface area contributed by atoms with Crippen LogP contribution in [-0.4, -0.2) is 57.4 Å². The Morgan fingerprint density at radius 2 is 1.73 bits per heavy atom. The number of benzene rings is 1. The molecule has 158 valence electrons. The van der Waals surface area contributed by atoms with E-state index in [9.17, 15) is 14.4 Å². The topological polar surface area (TPSA) is 65.9 Å². The molecule has 0 bridgehead atoms. The maximum atomic E-state index is 13.5. The molecule has 2 fully saturated rings. The molecular weight excluding hydrogens is 404 g/mol. The lowest BCUT2D eigenvalue weighted by molar-refractivity contribution is -0.170. The standard InChI is InChI=1S/C22H25ClN4O3/c1-15(2)26-12-20(29)27(11-16-4-6-17(23)7-5-16)22(21(26)30)13-25(14-22)18-8-9-24(3)19(28)10-18/h4-10,15H,11-14H2,1-3H3. The predicted octanol–water partition coefficient (Wildman–Crippen LogP) is 1.88. The fourth-order valence-electron chi connectivity index (χ4n) is 4.16. The number of carbonyl (C=O) groups is 2. The zero-order valence-corrected chi connectivity index (χ0v) is 18.1. The monoisotopic (exact) mass is 428 g/mol. The van der Waals surface area contributed by atoms with Crippen molar-refractivity contribution in [2.45, 2.75) is 32.0 Å². The number of piperazine rings is 1. The highest BCUT2D eigenvalue weighted by molar-refractivity contribution is 6.30. The van der Waals surface area contributed by atoms with Gasteiger partial charge in [-0.2, -0.15) is 0 Å². The molecule has 1 spiro atoms. The molecule has 0 aliphatic carbocycles. The van der Waals surface area contributed by atoms with E-state index < -0.39 is 5.54 Å². The van der Waals surface area contributed by atoms with E-state index in [4.69, 9.17) is 11.6 Å². The average molecular weight is 429 g/mol. The van der Waals surface area contributed by atoms with Crippen LogP contribution in [0.25, 0.3) is 0 Å². The number of aromatic nitrogens is 1. The van der Waals surface area contributed by atoms with Crippen molar-refractivity contribution in [2.24, 2.45) is 7.05 Å². The van der Waals surface area contributed by atoms with E-state index in [2.05, 4.69) is 0 Å². The number of hydrogen-bond acceptors (Lipinski definition) is 4. The summed E-state index contributed by atoms with van der Waals surface area (Å²) in [6.45, 7) is 5.00. The Balaban J connectivity index is 1.65. The number of nitrogens with zero attached hydrogens (tertiary/aromatic N) is 4. The number of halogens is 1. The van der Waals surface area contributed by atoms with Crippen LogP contribution in [0.1, 0.15) is 19.4 Å². The summed E-state index contributed by atoms with van der Waals surface area (Å²) in [6, 6.07) is 10.7. The van der Waals surface area contributed by atoms with Crippen molar-refractivity contribution in [3.05, 3.63) is 63.5 Å². The lowest BCUT2D eigenvalue weighted by atomic mass is 9.82. The number of carbonyl (C=O) groups excluding carboxylic acids is 2. The molecule has 4 rings (SSSR count). The molecule has 1 aromatic carbocycles. The summed E-state index contributed by atoms with van der Waals surface area (Å²) in [4.78, 5) is 44.0. The van der Waals surface area contributed by atoms with Crippen LogP contribution in [0.5, 0.6) is 0 Å². The van der Waals surface area contributed by atoms with Gasteiger partial charge in [-0.05, 0) is 37.6 Å². The van der Waals surface area contributed by atoms with Gasteiger partial charge < -0.3 is 19.3 Å². The molecule has 1 aromatic heterocycles. The number of aryl methyl sites for hydroxylation is 1. The van der Waals surface area contributed by atoms with Gasteiger partial charge in [0.05, 0.1) is 13.1 Å².